The van der Waals surface area contributed by atoms with Gasteiger partial charge in [-0.2, -0.15) is 0 Å². The van der Waals surface area contributed by atoms with E-state index < -0.39 is 0 Å². The minimum atomic E-state index is 0.00721. The van der Waals surface area contributed by atoms with Crippen LogP contribution in [0.25, 0.3) is 0 Å². The van der Waals surface area contributed by atoms with Crippen LogP contribution in [0.1, 0.15) is 10.4 Å². The molecule has 0 spiro atoms. The number of benzene rings is 1. The summed E-state index contributed by atoms with van der Waals surface area (Å²) in [6.07, 6.45) is 0.0637. The Morgan fingerprint density at radius 2 is 2.33 bits per heavy atom. The Morgan fingerprint density at radius 1 is 1.56 bits per heavy atom. The molecule has 1 fully saturated rings. The highest BCUT2D eigenvalue weighted by Crippen LogP contribution is 2.23. The molecule has 1 heterocycles. The summed E-state index contributed by atoms with van der Waals surface area (Å²) in [5.41, 5.74) is 0.634. The van der Waals surface area contributed by atoms with Crippen molar-refractivity contribution in [1.82, 2.24) is 4.90 Å². The maximum Gasteiger partial charge on any atom is 0.255 e. The van der Waals surface area contributed by atoms with Crippen LogP contribution in [0.2, 0.25) is 5.02 Å². The molecule has 1 unspecified atom stereocenters. The zero-order valence-corrected chi connectivity index (χ0v) is 13.5. The zero-order chi connectivity index (χ0) is 13.1. The minimum absolute atomic E-state index is 0.00721. The molecule has 2 rings (SSSR count). The highest BCUT2D eigenvalue weighted by atomic mass is 79.9. The monoisotopic (exact) mass is 395 g/mol. The lowest BCUT2D eigenvalue weighted by Crippen LogP contribution is -2.46. The van der Waals surface area contributed by atoms with Gasteiger partial charge in [0, 0.05) is 27.9 Å². The number of nitrogens with zero attached hydrogens (tertiary/aromatic N) is 1. The summed E-state index contributed by atoms with van der Waals surface area (Å²) < 4.78 is 6.24. The van der Waals surface area contributed by atoms with Gasteiger partial charge in [-0.15, -0.1) is 0 Å². The number of morpholine rings is 1. The molecule has 0 N–H and O–H groups in total. The first-order chi connectivity index (χ1) is 8.61. The predicted octanol–water partition coefficient (Wildman–Crippen LogP) is 3.34. The molecule has 6 heteroatoms. The lowest BCUT2D eigenvalue weighted by atomic mass is 10.2. The van der Waals surface area contributed by atoms with E-state index in [4.69, 9.17) is 16.3 Å². The molecular formula is C12H12Br2ClNO2. The standard InChI is InChI=1S/C12H12Br2ClNO2/c13-6-9-7-16(3-4-18-9)12(17)10-2-1-8(15)5-11(10)14/h1-2,5,9H,3-4,6-7H2. The second-order valence-corrected chi connectivity index (χ2v) is 5.96. The second-order valence-electron chi connectivity index (χ2n) is 4.02. The molecule has 3 nitrogen and oxygen atoms in total. The normalized spacial score (nSPS) is 19.9. The molecule has 0 saturated carbocycles. The largest absolute Gasteiger partial charge is 0.374 e. The van der Waals surface area contributed by atoms with Gasteiger partial charge in [-0.25, -0.2) is 0 Å². The molecule has 1 aromatic carbocycles. The smallest absolute Gasteiger partial charge is 0.255 e. The fraction of sp³-hybridized carbons (Fsp3) is 0.417. The molecule has 18 heavy (non-hydrogen) atoms. The molecular weight excluding hydrogens is 385 g/mol. The van der Waals surface area contributed by atoms with Crippen molar-refractivity contribution < 1.29 is 9.53 Å². The Hall–Kier alpha value is -0.100. The summed E-state index contributed by atoms with van der Waals surface area (Å²) in [5.74, 6) is 0.00721. The molecule has 1 aliphatic rings. The van der Waals surface area contributed by atoms with Gasteiger partial charge in [0.15, 0.2) is 0 Å². The number of carbonyl (C=O) groups is 1. The lowest BCUT2D eigenvalue weighted by Gasteiger charge is -2.32. The van der Waals surface area contributed by atoms with Crippen molar-refractivity contribution in [1.29, 1.82) is 0 Å². The Kier molecular flexibility index (Phi) is 5.06. The summed E-state index contributed by atoms with van der Waals surface area (Å²) in [6, 6.07) is 5.20. The first kappa shape index (κ1) is 14.3. The van der Waals surface area contributed by atoms with Gasteiger partial charge in [0.1, 0.15) is 0 Å². The third-order valence-electron chi connectivity index (χ3n) is 2.76. The number of alkyl halides is 1. The van der Waals surface area contributed by atoms with Crippen LogP contribution in [-0.2, 0) is 4.74 Å². The number of halogens is 3. The van der Waals surface area contributed by atoms with E-state index in [1.807, 2.05) is 4.90 Å². The highest BCUT2D eigenvalue weighted by molar-refractivity contribution is 9.10. The first-order valence-electron chi connectivity index (χ1n) is 5.53. The average molecular weight is 397 g/mol. The number of rotatable bonds is 2. The quantitative estimate of drug-likeness (QED) is 0.717. The molecule has 0 aromatic heterocycles. The molecule has 98 valence electrons. The fourth-order valence-electron chi connectivity index (χ4n) is 1.83. The average Bonchev–Trinajstić information content (AvgIpc) is 2.38. The van der Waals surface area contributed by atoms with E-state index in [1.165, 1.54) is 0 Å². The van der Waals surface area contributed by atoms with Crippen LogP contribution in [-0.4, -0.2) is 41.9 Å². The fourth-order valence-corrected chi connectivity index (χ4v) is 3.07. The Balaban J connectivity index is 2.15. The van der Waals surface area contributed by atoms with Crippen LogP contribution < -0.4 is 0 Å². The number of carbonyl (C=O) groups excluding carboxylic acids is 1. The van der Waals surface area contributed by atoms with Crippen LogP contribution in [0.3, 0.4) is 0 Å². The van der Waals surface area contributed by atoms with E-state index in [9.17, 15) is 4.79 Å². The SMILES string of the molecule is O=C(c1ccc(Cl)cc1Br)N1CCOC(CBr)C1. The molecule has 1 aromatic rings. The van der Waals surface area contributed by atoms with Gasteiger partial charge in [0.05, 0.1) is 18.3 Å². The van der Waals surface area contributed by atoms with Gasteiger partial charge in [-0.05, 0) is 34.1 Å². The van der Waals surface area contributed by atoms with Crippen LogP contribution in [0.15, 0.2) is 22.7 Å². The van der Waals surface area contributed by atoms with E-state index >= 15 is 0 Å². The highest BCUT2D eigenvalue weighted by Gasteiger charge is 2.25. The van der Waals surface area contributed by atoms with Gasteiger partial charge in [0.25, 0.3) is 5.91 Å². The number of hydrogen-bond acceptors (Lipinski definition) is 2. The first-order valence-corrected chi connectivity index (χ1v) is 7.83. The van der Waals surface area contributed by atoms with Crippen molar-refractivity contribution in [2.24, 2.45) is 0 Å². The van der Waals surface area contributed by atoms with Crippen molar-refractivity contribution >= 4 is 49.4 Å². The second kappa shape index (κ2) is 6.37. The summed E-state index contributed by atoms with van der Waals surface area (Å²) in [7, 11) is 0. The van der Waals surface area contributed by atoms with Crippen molar-refractivity contribution in [3.63, 3.8) is 0 Å². The van der Waals surface area contributed by atoms with Gasteiger partial charge >= 0.3 is 0 Å². The van der Waals surface area contributed by atoms with E-state index in [1.54, 1.807) is 18.2 Å². The number of hydrogen-bond donors (Lipinski definition) is 0. The summed E-state index contributed by atoms with van der Waals surface area (Å²) in [5, 5.41) is 1.34. The van der Waals surface area contributed by atoms with E-state index in [-0.39, 0.29) is 12.0 Å². The maximum absolute atomic E-state index is 12.4. The molecule has 0 bridgehead atoms. The molecule has 1 aliphatic heterocycles. The Bertz CT molecular complexity index is 456. The van der Waals surface area contributed by atoms with Crippen LogP contribution >= 0.6 is 43.5 Å². The van der Waals surface area contributed by atoms with Gasteiger partial charge in [0.2, 0.25) is 0 Å². The van der Waals surface area contributed by atoms with E-state index in [2.05, 4.69) is 31.9 Å². The third-order valence-corrected chi connectivity index (χ3v) is 4.37. The van der Waals surface area contributed by atoms with Crippen LogP contribution in [0.5, 0.6) is 0 Å². The van der Waals surface area contributed by atoms with Crippen molar-refractivity contribution in [2.75, 3.05) is 25.0 Å². The van der Waals surface area contributed by atoms with Crippen molar-refractivity contribution in [2.45, 2.75) is 6.10 Å². The Morgan fingerprint density at radius 3 is 3.00 bits per heavy atom. The van der Waals surface area contributed by atoms with Gasteiger partial charge in [-0.3, -0.25) is 4.79 Å². The molecule has 1 saturated heterocycles. The molecule has 0 aliphatic carbocycles. The molecule has 0 radical (unpaired) electrons. The molecule has 1 amide bonds. The van der Waals surface area contributed by atoms with Gasteiger partial charge < -0.3 is 9.64 Å². The van der Waals surface area contributed by atoms with Crippen molar-refractivity contribution in [3.05, 3.63) is 33.3 Å². The summed E-state index contributed by atoms with van der Waals surface area (Å²) in [4.78, 5) is 14.2. The lowest BCUT2D eigenvalue weighted by molar-refractivity contribution is -0.00968. The zero-order valence-electron chi connectivity index (χ0n) is 9.54. The van der Waals surface area contributed by atoms with Crippen molar-refractivity contribution in [3.8, 4) is 0 Å². The van der Waals surface area contributed by atoms with Crippen LogP contribution in [0.4, 0.5) is 0 Å². The molecule has 1 atom stereocenters. The summed E-state index contributed by atoms with van der Waals surface area (Å²) in [6.45, 7) is 1.81. The summed E-state index contributed by atoms with van der Waals surface area (Å²) >= 11 is 12.6. The van der Waals surface area contributed by atoms with Crippen LogP contribution in [0, 0.1) is 0 Å². The minimum Gasteiger partial charge on any atom is -0.374 e. The van der Waals surface area contributed by atoms with E-state index in [0.29, 0.717) is 30.3 Å². The Labute approximate surface area is 128 Å². The number of amides is 1. The number of ether oxygens (including phenoxy) is 1. The third kappa shape index (κ3) is 3.26. The van der Waals surface area contributed by atoms with Gasteiger partial charge in [-0.1, -0.05) is 27.5 Å². The van der Waals surface area contributed by atoms with E-state index in [0.717, 1.165) is 9.80 Å². The maximum atomic E-state index is 12.4. The topological polar surface area (TPSA) is 29.5 Å². The predicted molar refractivity (Wildman–Crippen MR) is 78.6 cm³/mol.